The predicted molar refractivity (Wildman–Crippen MR) is 119 cm³/mol. The first kappa shape index (κ1) is 21.5. The zero-order valence-corrected chi connectivity index (χ0v) is 18.5. The second-order valence-corrected chi connectivity index (χ2v) is 10.5. The van der Waals surface area contributed by atoms with E-state index in [1.54, 1.807) is 36.4 Å². The molecule has 0 amide bonds. The molecule has 0 radical (unpaired) electrons. The average molecular weight is 442 g/mol. The van der Waals surface area contributed by atoms with Crippen molar-refractivity contribution in [2.45, 2.75) is 44.6 Å². The minimum Gasteiger partial charge on any atom is -0.399 e. The molecule has 1 aromatic heterocycles. The van der Waals surface area contributed by atoms with E-state index in [4.69, 9.17) is 9.31 Å². The van der Waals surface area contributed by atoms with Crippen molar-refractivity contribution in [2.75, 3.05) is 0 Å². The van der Waals surface area contributed by atoms with Gasteiger partial charge in [-0.3, -0.25) is 10.1 Å². The Morgan fingerprint density at radius 3 is 2.19 bits per heavy atom. The molecule has 2 heterocycles. The number of benzene rings is 2. The molecule has 162 valence electrons. The van der Waals surface area contributed by atoms with Crippen LogP contribution in [-0.2, 0) is 25.1 Å². The summed E-state index contributed by atoms with van der Waals surface area (Å²) in [7, 11) is -4.82. The lowest BCUT2D eigenvalue weighted by atomic mass is 9.79. The standard InChI is InChI=1S/C21H23BN2O6S/c1-20(2)21(3,4)30-22(29-20)17-13-23(19-16(17)11-8-12-18(19)24(25)26)31(27,28)14-15-9-6-5-7-10-15/h5-13H,14H2,1-4H3. The van der Waals surface area contributed by atoms with Crippen LogP contribution in [0.5, 0.6) is 0 Å². The maximum atomic E-state index is 13.3. The van der Waals surface area contributed by atoms with E-state index < -0.39 is 33.3 Å². The molecule has 0 bridgehead atoms. The van der Waals surface area contributed by atoms with Gasteiger partial charge < -0.3 is 9.31 Å². The van der Waals surface area contributed by atoms with Crippen LogP contribution in [0.3, 0.4) is 0 Å². The molecule has 0 aliphatic carbocycles. The average Bonchev–Trinajstić information content (AvgIpc) is 3.17. The summed E-state index contributed by atoms with van der Waals surface area (Å²) in [6, 6.07) is 13.2. The minimum atomic E-state index is -3.96. The third-order valence-corrected chi connectivity index (χ3v) is 7.58. The fourth-order valence-electron chi connectivity index (χ4n) is 3.64. The Labute approximate surface area is 181 Å². The van der Waals surface area contributed by atoms with Crippen LogP contribution in [-0.4, -0.2) is 35.6 Å². The van der Waals surface area contributed by atoms with Gasteiger partial charge in [-0.1, -0.05) is 42.5 Å². The molecule has 1 fully saturated rings. The fraction of sp³-hybridized carbons (Fsp3) is 0.333. The first-order valence-corrected chi connectivity index (χ1v) is 11.4. The van der Waals surface area contributed by atoms with Gasteiger partial charge in [-0.15, -0.1) is 0 Å². The lowest BCUT2D eigenvalue weighted by molar-refractivity contribution is -0.383. The Hall–Kier alpha value is -2.69. The smallest absolute Gasteiger partial charge is 0.399 e. The van der Waals surface area contributed by atoms with Gasteiger partial charge in [-0.05, 0) is 33.3 Å². The van der Waals surface area contributed by atoms with Crippen LogP contribution in [0, 0.1) is 10.1 Å². The van der Waals surface area contributed by atoms with Gasteiger partial charge in [0.25, 0.3) is 5.69 Å². The summed E-state index contributed by atoms with van der Waals surface area (Å²) in [6.45, 7) is 7.56. The molecule has 10 heteroatoms. The maximum Gasteiger partial charge on any atom is 0.497 e. The number of aromatic nitrogens is 1. The largest absolute Gasteiger partial charge is 0.497 e. The molecule has 0 saturated carbocycles. The highest BCUT2D eigenvalue weighted by Gasteiger charge is 2.52. The van der Waals surface area contributed by atoms with Crippen LogP contribution in [0.1, 0.15) is 33.3 Å². The molecule has 0 N–H and O–H groups in total. The van der Waals surface area contributed by atoms with E-state index in [0.29, 0.717) is 16.4 Å². The molecule has 1 aliphatic rings. The van der Waals surface area contributed by atoms with Crippen molar-refractivity contribution >= 4 is 39.2 Å². The number of rotatable bonds is 5. The lowest BCUT2D eigenvalue weighted by Crippen LogP contribution is -2.41. The van der Waals surface area contributed by atoms with Gasteiger partial charge >= 0.3 is 7.12 Å². The molecular weight excluding hydrogens is 419 g/mol. The number of nitro groups is 1. The second-order valence-electron chi connectivity index (χ2n) is 8.64. The molecule has 1 saturated heterocycles. The van der Waals surface area contributed by atoms with Crippen molar-refractivity contribution in [1.29, 1.82) is 0 Å². The van der Waals surface area contributed by atoms with Crippen molar-refractivity contribution in [3.05, 3.63) is 70.4 Å². The van der Waals surface area contributed by atoms with Crippen LogP contribution in [0.4, 0.5) is 5.69 Å². The Morgan fingerprint density at radius 2 is 1.61 bits per heavy atom. The third-order valence-electron chi connectivity index (χ3n) is 6.00. The number of hydrogen-bond acceptors (Lipinski definition) is 6. The molecule has 31 heavy (non-hydrogen) atoms. The molecule has 0 atom stereocenters. The highest BCUT2D eigenvalue weighted by molar-refractivity contribution is 7.89. The van der Waals surface area contributed by atoms with Gasteiger partial charge in [0.1, 0.15) is 5.52 Å². The topological polar surface area (TPSA) is 101 Å². The summed E-state index contributed by atoms with van der Waals surface area (Å²) in [6.07, 6.45) is 1.39. The van der Waals surface area contributed by atoms with Crippen molar-refractivity contribution < 1.29 is 22.6 Å². The van der Waals surface area contributed by atoms with E-state index in [0.717, 1.165) is 3.97 Å². The molecule has 3 aromatic rings. The minimum absolute atomic E-state index is 0.00754. The quantitative estimate of drug-likeness (QED) is 0.342. The predicted octanol–water partition coefficient (Wildman–Crippen LogP) is 3.23. The van der Waals surface area contributed by atoms with Crippen LogP contribution < -0.4 is 5.46 Å². The van der Waals surface area contributed by atoms with Gasteiger partial charge in [-0.25, -0.2) is 12.4 Å². The van der Waals surface area contributed by atoms with Crippen LogP contribution in [0.25, 0.3) is 10.9 Å². The van der Waals surface area contributed by atoms with E-state index >= 15 is 0 Å². The summed E-state index contributed by atoms with van der Waals surface area (Å²) >= 11 is 0. The van der Waals surface area contributed by atoms with E-state index in [-0.39, 0.29) is 17.0 Å². The lowest BCUT2D eigenvalue weighted by Gasteiger charge is -2.32. The summed E-state index contributed by atoms with van der Waals surface area (Å²) < 4.78 is 39.9. The molecule has 2 aromatic carbocycles. The Bertz CT molecular complexity index is 1250. The highest BCUT2D eigenvalue weighted by atomic mass is 32.2. The van der Waals surface area contributed by atoms with Crippen LogP contribution in [0.15, 0.2) is 54.7 Å². The second kappa shape index (κ2) is 7.18. The zero-order valence-electron chi connectivity index (χ0n) is 17.7. The maximum absolute atomic E-state index is 13.3. The van der Waals surface area contributed by atoms with Crippen molar-refractivity contribution in [3.63, 3.8) is 0 Å². The first-order valence-electron chi connectivity index (χ1n) is 9.84. The molecular formula is C21H23BN2O6S. The van der Waals surface area contributed by atoms with Gasteiger partial charge in [0.15, 0.2) is 0 Å². The molecule has 0 unspecified atom stereocenters. The van der Waals surface area contributed by atoms with Crippen LogP contribution >= 0.6 is 0 Å². The summed E-state index contributed by atoms with van der Waals surface area (Å²) in [5.41, 5.74) is -0.551. The van der Waals surface area contributed by atoms with E-state index in [1.165, 1.54) is 18.3 Å². The molecule has 4 rings (SSSR count). The summed E-state index contributed by atoms with van der Waals surface area (Å²) in [5, 5.41) is 12.1. The van der Waals surface area contributed by atoms with Crippen molar-refractivity contribution in [2.24, 2.45) is 0 Å². The van der Waals surface area contributed by atoms with Crippen LogP contribution in [0.2, 0.25) is 0 Å². The molecule has 0 spiro atoms. The highest BCUT2D eigenvalue weighted by Crippen LogP contribution is 2.38. The van der Waals surface area contributed by atoms with Crippen molar-refractivity contribution in [3.8, 4) is 0 Å². The van der Waals surface area contributed by atoms with Gasteiger partial charge in [0, 0.05) is 23.1 Å². The zero-order chi connectivity index (χ0) is 22.6. The monoisotopic (exact) mass is 442 g/mol. The van der Waals surface area contributed by atoms with Gasteiger partial charge in [0.2, 0.25) is 10.0 Å². The SMILES string of the molecule is CC1(C)OB(c2cn(S(=O)(=O)Cc3ccccc3)c3c([N+](=O)[O-])cccc23)OC1(C)C. The van der Waals surface area contributed by atoms with Gasteiger partial charge in [0.05, 0.1) is 21.9 Å². The van der Waals surface area contributed by atoms with E-state index in [9.17, 15) is 18.5 Å². The van der Waals surface area contributed by atoms with E-state index in [1.807, 2.05) is 27.7 Å². The molecule has 8 nitrogen and oxygen atoms in total. The summed E-state index contributed by atoms with van der Waals surface area (Å²) in [5.74, 6) is -0.299. The third kappa shape index (κ3) is 3.64. The summed E-state index contributed by atoms with van der Waals surface area (Å²) in [4.78, 5) is 11.1. The normalized spacial score (nSPS) is 17.9. The number of hydrogen-bond donors (Lipinski definition) is 0. The van der Waals surface area contributed by atoms with Gasteiger partial charge in [-0.2, -0.15) is 0 Å². The Kier molecular flexibility index (Phi) is 4.99. The fourth-order valence-corrected chi connectivity index (χ4v) is 5.13. The number of nitrogens with zero attached hydrogens (tertiary/aromatic N) is 2. The first-order chi connectivity index (χ1) is 14.4. The number of para-hydroxylation sites is 1. The number of non-ortho nitro benzene ring substituents is 1. The Balaban J connectivity index is 1.91. The molecule has 1 aliphatic heterocycles. The number of nitro benzene ring substituents is 1. The van der Waals surface area contributed by atoms with Crippen molar-refractivity contribution in [1.82, 2.24) is 3.97 Å². The van der Waals surface area contributed by atoms with E-state index in [2.05, 4.69) is 0 Å². The number of fused-ring (bicyclic) bond motifs is 1. The Morgan fingerprint density at radius 1 is 1.00 bits per heavy atom.